The summed E-state index contributed by atoms with van der Waals surface area (Å²) in [5, 5.41) is 0.521. The molecule has 1 aromatic heterocycles. The highest BCUT2D eigenvalue weighted by Gasteiger charge is 2.15. The Morgan fingerprint density at radius 1 is 0.914 bits per heavy atom. The number of benzene rings is 2. The van der Waals surface area contributed by atoms with E-state index < -0.39 is 0 Å². The van der Waals surface area contributed by atoms with Crippen LogP contribution < -0.4 is 25.4 Å². The highest BCUT2D eigenvalue weighted by molar-refractivity contribution is 5.89. The number of aromatic nitrogens is 1. The fraction of sp³-hybridized carbons (Fsp3) is 0.464. The zero-order chi connectivity index (χ0) is 24.8. The monoisotopic (exact) mass is 479 g/mol. The van der Waals surface area contributed by atoms with Crippen molar-refractivity contribution in [2.24, 2.45) is 7.05 Å². The Balaban J connectivity index is 1.43. The number of piperidine rings is 1. The average Bonchev–Trinajstić information content (AvgIpc) is 2.88. The standard InChI is InChI=1S/C28H37N3O4/c1-30-23(19-25(32)28-24(30)17-21(33-2)18-27(28)34-3)20-10-11-26(22(29)16-20)35-15-9-5-8-14-31-12-6-4-7-13-31/h10-11,16-19H,4-9,12-15,29H2,1-3H3. The van der Waals surface area contributed by atoms with Crippen molar-refractivity contribution in [3.8, 4) is 28.5 Å². The molecule has 1 fully saturated rings. The van der Waals surface area contributed by atoms with Gasteiger partial charge in [-0.3, -0.25) is 4.79 Å². The normalized spacial score (nSPS) is 14.3. The number of rotatable bonds is 10. The molecule has 3 aromatic rings. The molecule has 0 atom stereocenters. The molecular formula is C28H37N3O4. The second-order valence-corrected chi connectivity index (χ2v) is 9.24. The first-order valence-corrected chi connectivity index (χ1v) is 12.5. The van der Waals surface area contributed by atoms with Crippen molar-refractivity contribution >= 4 is 16.6 Å². The summed E-state index contributed by atoms with van der Waals surface area (Å²) in [5.74, 6) is 1.80. The summed E-state index contributed by atoms with van der Waals surface area (Å²) < 4.78 is 18.8. The van der Waals surface area contributed by atoms with Crippen LogP contribution in [-0.4, -0.2) is 49.9 Å². The third-order valence-corrected chi connectivity index (χ3v) is 6.88. The van der Waals surface area contributed by atoms with Gasteiger partial charge in [-0.2, -0.15) is 0 Å². The molecule has 1 aliphatic rings. The van der Waals surface area contributed by atoms with Crippen LogP contribution in [0.1, 0.15) is 38.5 Å². The van der Waals surface area contributed by atoms with Gasteiger partial charge in [0, 0.05) is 30.8 Å². The summed E-state index contributed by atoms with van der Waals surface area (Å²) in [4.78, 5) is 15.6. The number of pyridine rings is 1. The molecule has 0 aliphatic carbocycles. The SMILES string of the molecule is COc1cc(OC)c2c(=O)cc(-c3ccc(OCCCCCN4CCCCC4)c(N)c3)n(C)c2c1. The van der Waals surface area contributed by atoms with Crippen molar-refractivity contribution in [3.63, 3.8) is 0 Å². The number of unbranched alkanes of at least 4 members (excludes halogenated alkanes) is 2. The van der Waals surface area contributed by atoms with E-state index in [1.807, 2.05) is 35.9 Å². The van der Waals surface area contributed by atoms with E-state index in [2.05, 4.69) is 4.90 Å². The molecule has 0 amide bonds. The quantitative estimate of drug-likeness (QED) is 0.331. The lowest BCUT2D eigenvalue weighted by Gasteiger charge is -2.26. The van der Waals surface area contributed by atoms with Gasteiger partial charge in [-0.05, 0) is 69.9 Å². The Hall–Kier alpha value is -3.19. The Morgan fingerprint density at radius 3 is 2.43 bits per heavy atom. The fourth-order valence-electron chi connectivity index (χ4n) is 4.89. The van der Waals surface area contributed by atoms with Gasteiger partial charge in [-0.1, -0.05) is 6.42 Å². The first kappa shape index (κ1) is 24.9. The Kier molecular flexibility index (Phi) is 8.18. The van der Waals surface area contributed by atoms with Crippen molar-refractivity contribution in [1.82, 2.24) is 9.47 Å². The minimum atomic E-state index is -0.115. The molecule has 2 aromatic carbocycles. The van der Waals surface area contributed by atoms with Gasteiger partial charge >= 0.3 is 0 Å². The third kappa shape index (κ3) is 5.73. The molecule has 2 N–H and O–H groups in total. The molecule has 0 bridgehead atoms. The lowest BCUT2D eigenvalue weighted by Crippen LogP contribution is -2.30. The summed E-state index contributed by atoms with van der Waals surface area (Å²) in [5.41, 5.74) is 9.11. The zero-order valence-electron chi connectivity index (χ0n) is 21.1. The van der Waals surface area contributed by atoms with Gasteiger partial charge < -0.3 is 29.4 Å². The second-order valence-electron chi connectivity index (χ2n) is 9.24. The van der Waals surface area contributed by atoms with E-state index in [0.717, 1.165) is 29.6 Å². The predicted octanol–water partition coefficient (Wildman–Crippen LogP) is 4.84. The van der Waals surface area contributed by atoms with E-state index in [4.69, 9.17) is 19.9 Å². The highest BCUT2D eigenvalue weighted by atomic mass is 16.5. The van der Waals surface area contributed by atoms with Crippen LogP contribution in [0.4, 0.5) is 5.69 Å². The van der Waals surface area contributed by atoms with Crippen molar-refractivity contribution < 1.29 is 14.2 Å². The molecule has 4 rings (SSSR count). The zero-order valence-corrected chi connectivity index (χ0v) is 21.1. The molecule has 7 nitrogen and oxygen atoms in total. The summed E-state index contributed by atoms with van der Waals surface area (Å²) in [6.45, 7) is 4.35. The molecular weight excluding hydrogens is 442 g/mol. The van der Waals surface area contributed by atoms with Crippen LogP contribution in [-0.2, 0) is 7.05 Å². The van der Waals surface area contributed by atoms with Crippen molar-refractivity contribution in [1.29, 1.82) is 0 Å². The van der Waals surface area contributed by atoms with Crippen LogP contribution >= 0.6 is 0 Å². The molecule has 0 saturated carbocycles. The van der Waals surface area contributed by atoms with Crippen LogP contribution in [0.25, 0.3) is 22.2 Å². The van der Waals surface area contributed by atoms with Gasteiger partial charge in [0.2, 0.25) is 0 Å². The molecule has 0 unspecified atom stereocenters. The van der Waals surface area contributed by atoms with Gasteiger partial charge in [0.1, 0.15) is 17.2 Å². The van der Waals surface area contributed by atoms with E-state index >= 15 is 0 Å². The lowest BCUT2D eigenvalue weighted by atomic mass is 10.1. The van der Waals surface area contributed by atoms with Crippen molar-refractivity contribution in [2.75, 3.05) is 46.2 Å². The summed E-state index contributed by atoms with van der Waals surface area (Å²) in [7, 11) is 5.06. The number of hydrogen-bond acceptors (Lipinski definition) is 6. The van der Waals surface area contributed by atoms with E-state index in [0.29, 0.717) is 34.9 Å². The lowest BCUT2D eigenvalue weighted by molar-refractivity contribution is 0.221. The number of fused-ring (bicyclic) bond motifs is 1. The van der Waals surface area contributed by atoms with Crippen molar-refractivity contribution in [3.05, 3.63) is 46.6 Å². The topological polar surface area (TPSA) is 79.0 Å². The van der Waals surface area contributed by atoms with E-state index in [-0.39, 0.29) is 5.43 Å². The van der Waals surface area contributed by atoms with E-state index in [9.17, 15) is 4.79 Å². The Labute approximate surface area is 207 Å². The number of aryl methyl sites for hydroxylation is 1. The van der Waals surface area contributed by atoms with Crippen LogP contribution in [0.15, 0.2) is 41.2 Å². The summed E-state index contributed by atoms with van der Waals surface area (Å²) in [6, 6.07) is 10.9. The van der Waals surface area contributed by atoms with E-state index in [1.54, 1.807) is 26.4 Å². The number of methoxy groups -OCH3 is 2. The molecule has 0 spiro atoms. The molecule has 7 heteroatoms. The average molecular weight is 480 g/mol. The van der Waals surface area contributed by atoms with Gasteiger partial charge in [-0.15, -0.1) is 0 Å². The minimum Gasteiger partial charge on any atom is -0.497 e. The van der Waals surface area contributed by atoms with Crippen LogP contribution in [0.2, 0.25) is 0 Å². The van der Waals surface area contributed by atoms with Gasteiger partial charge in [0.15, 0.2) is 5.43 Å². The summed E-state index contributed by atoms with van der Waals surface area (Å²) >= 11 is 0. The number of likely N-dealkylation sites (tertiary alicyclic amines) is 1. The predicted molar refractivity (Wildman–Crippen MR) is 142 cm³/mol. The van der Waals surface area contributed by atoms with Gasteiger partial charge in [-0.25, -0.2) is 0 Å². The number of nitrogens with zero attached hydrogens (tertiary/aromatic N) is 2. The molecule has 0 radical (unpaired) electrons. The first-order chi connectivity index (χ1) is 17.0. The maximum atomic E-state index is 13.0. The molecule has 188 valence electrons. The number of ether oxygens (including phenoxy) is 3. The largest absolute Gasteiger partial charge is 0.497 e. The summed E-state index contributed by atoms with van der Waals surface area (Å²) in [6.07, 6.45) is 7.44. The molecule has 35 heavy (non-hydrogen) atoms. The number of anilines is 1. The fourth-order valence-corrected chi connectivity index (χ4v) is 4.89. The van der Waals surface area contributed by atoms with Gasteiger partial charge in [0.25, 0.3) is 0 Å². The van der Waals surface area contributed by atoms with Crippen LogP contribution in [0.5, 0.6) is 17.2 Å². The molecule has 1 saturated heterocycles. The smallest absolute Gasteiger partial charge is 0.193 e. The third-order valence-electron chi connectivity index (χ3n) is 6.88. The maximum absolute atomic E-state index is 13.0. The van der Waals surface area contributed by atoms with Crippen LogP contribution in [0.3, 0.4) is 0 Å². The Morgan fingerprint density at radius 2 is 1.71 bits per heavy atom. The molecule has 2 heterocycles. The Bertz CT molecular complexity index is 1220. The molecule has 1 aliphatic heterocycles. The second kappa shape index (κ2) is 11.5. The number of nitrogen functional groups attached to an aromatic ring is 1. The van der Waals surface area contributed by atoms with Gasteiger partial charge in [0.05, 0.1) is 43.1 Å². The van der Waals surface area contributed by atoms with Crippen molar-refractivity contribution in [2.45, 2.75) is 38.5 Å². The van der Waals surface area contributed by atoms with Crippen LogP contribution in [0, 0.1) is 0 Å². The van der Waals surface area contributed by atoms with E-state index in [1.165, 1.54) is 45.3 Å². The maximum Gasteiger partial charge on any atom is 0.193 e. The highest BCUT2D eigenvalue weighted by Crippen LogP contribution is 2.33. The first-order valence-electron chi connectivity index (χ1n) is 12.5. The number of nitrogens with two attached hydrogens (primary N) is 1. The minimum absolute atomic E-state index is 0.115. The number of hydrogen-bond donors (Lipinski definition) is 1.